The zero-order chi connectivity index (χ0) is 13.1. The lowest BCUT2D eigenvalue weighted by Crippen LogP contribution is -2.12. The lowest BCUT2D eigenvalue weighted by Gasteiger charge is -2.07. The Labute approximate surface area is 112 Å². The molecule has 6 heteroatoms. The summed E-state index contributed by atoms with van der Waals surface area (Å²) < 4.78 is 23.6. The molecule has 0 N–H and O–H groups in total. The van der Waals surface area contributed by atoms with Gasteiger partial charge in [0.05, 0.1) is 27.2 Å². The molecule has 1 rings (SSSR count). The fraction of sp³-hybridized carbons (Fsp3) is 0.545. The summed E-state index contributed by atoms with van der Waals surface area (Å²) in [6.45, 7) is 3.98. The second kappa shape index (κ2) is 6.03. The van der Waals surface area contributed by atoms with Gasteiger partial charge in [-0.2, -0.15) is 0 Å². The minimum Gasteiger partial charge on any atom is -0.257 e. The molecule has 0 fully saturated rings. The number of halogens is 2. The highest BCUT2D eigenvalue weighted by molar-refractivity contribution is 7.90. The Morgan fingerprint density at radius 1 is 1.35 bits per heavy atom. The van der Waals surface area contributed by atoms with Crippen molar-refractivity contribution >= 4 is 33.0 Å². The molecule has 0 saturated heterocycles. The topological polar surface area (TPSA) is 47.0 Å². The van der Waals surface area contributed by atoms with Crippen molar-refractivity contribution in [3.8, 4) is 0 Å². The molecule has 1 aromatic rings. The molecule has 3 nitrogen and oxygen atoms in total. The van der Waals surface area contributed by atoms with Crippen molar-refractivity contribution < 1.29 is 8.42 Å². The van der Waals surface area contributed by atoms with Crippen LogP contribution in [0.3, 0.4) is 0 Å². The SMILES string of the molecule is CC(C)CCS(=O)(=O)Cc1ncc(Cl)cc1Cl. The number of hydrogen-bond donors (Lipinski definition) is 0. The summed E-state index contributed by atoms with van der Waals surface area (Å²) >= 11 is 11.6. The molecule has 96 valence electrons. The zero-order valence-corrected chi connectivity index (χ0v) is 12.1. The second-order valence-electron chi connectivity index (χ2n) is 4.36. The number of rotatable bonds is 5. The average molecular weight is 296 g/mol. The van der Waals surface area contributed by atoms with Crippen LogP contribution < -0.4 is 0 Å². The van der Waals surface area contributed by atoms with E-state index >= 15 is 0 Å². The molecular formula is C11H15Cl2NO2S. The van der Waals surface area contributed by atoms with E-state index in [9.17, 15) is 8.42 Å². The summed E-state index contributed by atoms with van der Waals surface area (Å²) in [5.41, 5.74) is 0.361. The van der Waals surface area contributed by atoms with Crippen molar-refractivity contribution in [1.82, 2.24) is 4.98 Å². The van der Waals surface area contributed by atoms with E-state index in [1.54, 1.807) is 0 Å². The Bertz CT molecular complexity index is 486. The molecule has 1 aromatic heterocycles. The van der Waals surface area contributed by atoms with Crippen LogP contribution in [0.4, 0.5) is 0 Å². The van der Waals surface area contributed by atoms with E-state index in [0.717, 1.165) is 0 Å². The maximum Gasteiger partial charge on any atom is 0.156 e. The summed E-state index contributed by atoms with van der Waals surface area (Å²) in [6.07, 6.45) is 2.05. The van der Waals surface area contributed by atoms with Crippen LogP contribution >= 0.6 is 23.2 Å². The van der Waals surface area contributed by atoms with Gasteiger partial charge in [-0.3, -0.25) is 4.98 Å². The largest absolute Gasteiger partial charge is 0.257 e. The first kappa shape index (κ1) is 14.7. The van der Waals surface area contributed by atoms with Crippen LogP contribution in [0.5, 0.6) is 0 Å². The van der Waals surface area contributed by atoms with Crippen molar-refractivity contribution in [1.29, 1.82) is 0 Å². The second-order valence-corrected chi connectivity index (χ2v) is 7.38. The van der Waals surface area contributed by atoms with Gasteiger partial charge >= 0.3 is 0 Å². The van der Waals surface area contributed by atoms with Crippen molar-refractivity contribution in [3.05, 3.63) is 28.0 Å². The van der Waals surface area contributed by atoms with E-state index in [2.05, 4.69) is 4.98 Å². The van der Waals surface area contributed by atoms with Gasteiger partial charge in [-0.05, 0) is 18.4 Å². The van der Waals surface area contributed by atoms with E-state index < -0.39 is 9.84 Å². The monoisotopic (exact) mass is 295 g/mol. The molecule has 0 bridgehead atoms. The lowest BCUT2D eigenvalue weighted by molar-refractivity contribution is 0.572. The predicted molar refractivity (Wildman–Crippen MR) is 71.2 cm³/mol. The standard InChI is InChI=1S/C11H15Cl2NO2S/c1-8(2)3-4-17(15,16)7-11-10(13)5-9(12)6-14-11/h5-6,8H,3-4,7H2,1-2H3. The van der Waals surface area contributed by atoms with Crippen molar-refractivity contribution in [3.63, 3.8) is 0 Å². The third kappa shape index (κ3) is 5.23. The molecule has 1 heterocycles. The Hall–Kier alpha value is -0.320. The number of sulfone groups is 1. The summed E-state index contributed by atoms with van der Waals surface area (Å²) in [5.74, 6) is 0.388. The van der Waals surface area contributed by atoms with E-state index in [1.807, 2.05) is 13.8 Å². The third-order valence-corrected chi connectivity index (χ3v) is 4.35. The Morgan fingerprint density at radius 3 is 2.53 bits per heavy atom. The van der Waals surface area contributed by atoms with Crippen LogP contribution in [-0.4, -0.2) is 19.2 Å². The molecule has 0 radical (unpaired) electrons. The predicted octanol–water partition coefficient (Wildman–Crippen LogP) is 3.35. The molecule has 0 aromatic carbocycles. The highest BCUT2D eigenvalue weighted by Crippen LogP contribution is 2.20. The third-order valence-electron chi connectivity index (χ3n) is 2.25. The van der Waals surface area contributed by atoms with Gasteiger partial charge in [-0.25, -0.2) is 8.42 Å². The molecule has 0 aliphatic carbocycles. The fourth-order valence-electron chi connectivity index (χ4n) is 1.24. The van der Waals surface area contributed by atoms with Crippen LogP contribution in [0.15, 0.2) is 12.3 Å². The molecule has 0 aliphatic heterocycles. The number of hydrogen-bond acceptors (Lipinski definition) is 3. The van der Waals surface area contributed by atoms with Gasteiger partial charge in [-0.1, -0.05) is 37.0 Å². The van der Waals surface area contributed by atoms with Crippen molar-refractivity contribution in [2.45, 2.75) is 26.0 Å². The fourth-order valence-corrected chi connectivity index (χ4v) is 3.39. The van der Waals surface area contributed by atoms with Gasteiger partial charge in [0.2, 0.25) is 0 Å². The summed E-state index contributed by atoms with van der Waals surface area (Å²) in [4.78, 5) is 3.95. The summed E-state index contributed by atoms with van der Waals surface area (Å²) in [6, 6.07) is 1.50. The van der Waals surface area contributed by atoms with E-state index in [1.165, 1.54) is 12.3 Å². The summed E-state index contributed by atoms with van der Waals surface area (Å²) in [7, 11) is -3.16. The first-order chi connectivity index (χ1) is 7.80. The minimum atomic E-state index is -3.16. The van der Waals surface area contributed by atoms with Crippen molar-refractivity contribution in [2.75, 3.05) is 5.75 Å². The van der Waals surface area contributed by atoms with E-state index in [4.69, 9.17) is 23.2 Å². The van der Waals surface area contributed by atoms with Gasteiger partial charge in [0.1, 0.15) is 0 Å². The normalized spacial score (nSPS) is 12.1. The van der Waals surface area contributed by atoms with E-state index in [-0.39, 0.29) is 11.5 Å². The average Bonchev–Trinajstić information content (AvgIpc) is 2.20. The minimum absolute atomic E-state index is 0.129. The molecule has 17 heavy (non-hydrogen) atoms. The molecule has 0 spiro atoms. The smallest absolute Gasteiger partial charge is 0.156 e. The molecule has 0 amide bonds. The highest BCUT2D eigenvalue weighted by atomic mass is 35.5. The van der Waals surface area contributed by atoms with Crippen LogP contribution in [0, 0.1) is 5.92 Å². The van der Waals surface area contributed by atoms with Crippen LogP contribution in [0.2, 0.25) is 10.0 Å². The van der Waals surface area contributed by atoms with Crippen molar-refractivity contribution in [2.24, 2.45) is 5.92 Å². The van der Waals surface area contributed by atoms with E-state index in [0.29, 0.717) is 28.1 Å². The van der Waals surface area contributed by atoms with Crippen LogP contribution in [0.25, 0.3) is 0 Å². The molecule has 0 atom stereocenters. The molecule has 0 aliphatic rings. The molecular weight excluding hydrogens is 281 g/mol. The van der Waals surface area contributed by atoms with Crippen LogP contribution in [-0.2, 0) is 15.6 Å². The van der Waals surface area contributed by atoms with Crippen LogP contribution in [0.1, 0.15) is 26.0 Å². The molecule has 0 saturated carbocycles. The Morgan fingerprint density at radius 2 is 2.00 bits per heavy atom. The van der Waals surface area contributed by atoms with Gasteiger partial charge in [-0.15, -0.1) is 0 Å². The quantitative estimate of drug-likeness (QED) is 0.837. The summed E-state index contributed by atoms with van der Waals surface area (Å²) in [5, 5.41) is 0.698. The Kier molecular flexibility index (Phi) is 5.22. The number of nitrogens with zero attached hydrogens (tertiary/aromatic N) is 1. The number of pyridine rings is 1. The first-order valence-electron chi connectivity index (χ1n) is 5.30. The number of aromatic nitrogens is 1. The maximum absolute atomic E-state index is 11.8. The maximum atomic E-state index is 11.8. The molecule has 0 unspecified atom stereocenters. The zero-order valence-electron chi connectivity index (χ0n) is 9.78. The highest BCUT2D eigenvalue weighted by Gasteiger charge is 2.16. The van der Waals surface area contributed by atoms with Gasteiger partial charge < -0.3 is 0 Å². The van der Waals surface area contributed by atoms with Gasteiger partial charge in [0.25, 0.3) is 0 Å². The lowest BCUT2D eigenvalue weighted by atomic mass is 10.2. The first-order valence-corrected chi connectivity index (χ1v) is 7.88. The van der Waals surface area contributed by atoms with Gasteiger partial charge in [0.15, 0.2) is 9.84 Å². The Balaban J connectivity index is 2.76. The van der Waals surface area contributed by atoms with Gasteiger partial charge in [0, 0.05) is 6.20 Å².